The Bertz CT molecular complexity index is 271. The standard InChI is InChI=1S/C11H14BrI/c1-2-9-5-6-11(13)8-10(9)4-3-7-12/h5-6,8H,2-4,7H2,1H3. The Balaban J connectivity index is 2.81. The largest absolute Gasteiger partial charge is 0.0928 e. The molecular formula is C11H14BrI. The Hall–Kier alpha value is 0.430. The van der Waals surface area contributed by atoms with Crippen LogP contribution in [0.4, 0.5) is 0 Å². The van der Waals surface area contributed by atoms with Crippen LogP contribution >= 0.6 is 38.5 Å². The van der Waals surface area contributed by atoms with Gasteiger partial charge in [0.25, 0.3) is 0 Å². The molecule has 0 N–H and O–H groups in total. The third kappa shape index (κ3) is 3.58. The van der Waals surface area contributed by atoms with Gasteiger partial charge >= 0.3 is 0 Å². The van der Waals surface area contributed by atoms with Gasteiger partial charge in [0.2, 0.25) is 0 Å². The van der Waals surface area contributed by atoms with Gasteiger partial charge in [-0.1, -0.05) is 28.9 Å². The predicted octanol–water partition coefficient (Wildman–Crippen LogP) is 4.18. The molecule has 0 aliphatic heterocycles. The zero-order valence-electron chi connectivity index (χ0n) is 7.82. The first-order valence-electron chi connectivity index (χ1n) is 4.61. The predicted molar refractivity (Wildman–Crippen MR) is 70.7 cm³/mol. The molecule has 1 aromatic rings. The molecule has 0 heterocycles. The van der Waals surface area contributed by atoms with Crippen LogP contribution in [0, 0.1) is 3.57 Å². The van der Waals surface area contributed by atoms with Gasteiger partial charge in [-0.15, -0.1) is 0 Å². The van der Waals surface area contributed by atoms with Gasteiger partial charge in [0, 0.05) is 8.90 Å². The van der Waals surface area contributed by atoms with E-state index in [-0.39, 0.29) is 0 Å². The van der Waals surface area contributed by atoms with Gasteiger partial charge in [0.1, 0.15) is 0 Å². The molecule has 1 rings (SSSR count). The molecule has 0 aliphatic rings. The molecular weight excluding hydrogens is 339 g/mol. The molecule has 2 heteroatoms. The van der Waals surface area contributed by atoms with Crippen molar-refractivity contribution < 1.29 is 0 Å². The summed E-state index contributed by atoms with van der Waals surface area (Å²) in [5.74, 6) is 0. The van der Waals surface area contributed by atoms with Gasteiger partial charge in [-0.05, 0) is 65.1 Å². The number of hydrogen-bond acceptors (Lipinski definition) is 0. The van der Waals surface area contributed by atoms with Crippen molar-refractivity contribution in [2.45, 2.75) is 26.2 Å². The quantitative estimate of drug-likeness (QED) is 0.563. The smallest absolute Gasteiger partial charge is 0.0133 e. The lowest BCUT2D eigenvalue weighted by molar-refractivity contribution is 0.912. The lowest BCUT2D eigenvalue weighted by atomic mass is 10.0. The maximum absolute atomic E-state index is 3.47. The Morgan fingerprint density at radius 3 is 2.69 bits per heavy atom. The lowest BCUT2D eigenvalue weighted by Gasteiger charge is -2.07. The van der Waals surface area contributed by atoms with Crippen molar-refractivity contribution in [1.29, 1.82) is 0 Å². The summed E-state index contributed by atoms with van der Waals surface area (Å²) in [4.78, 5) is 0. The number of hydrogen-bond donors (Lipinski definition) is 0. The van der Waals surface area contributed by atoms with Crippen molar-refractivity contribution >= 4 is 38.5 Å². The third-order valence-corrected chi connectivity index (χ3v) is 3.36. The van der Waals surface area contributed by atoms with E-state index in [4.69, 9.17) is 0 Å². The van der Waals surface area contributed by atoms with E-state index >= 15 is 0 Å². The molecule has 0 nitrogen and oxygen atoms in total. The number of halogens is 2. The van der Waals surface area contributed by atoms with Gasteiger partial charge in [-0.25, -0.2) is 0 Å². The summed E-state index contributed by atoms with van der Waals surface area (Å²) < 4.78 is 1.35. The SMILES string of the molecule is CCc1ccc(I)cc1CCCBr. The first-order chi connectivity index (χ1) is 6.27. The highest BCUT2D eigenvalue weighted by Crippen LogP contribution is 2.16. The maximum Gasteiger partial charge on any atom is 0.0133 e. The summed E-state index contributed by atoms with van der Waals surface area (Å²) in [7, 11) is 0. The Morgan fingerprint density at radius 2 is 2.08 bits per heavy atom. The summed E-state index contributed by atoms with van der Waals surface area (Å²) in [5.41, 5.74) is 3.02. The first kappa shape index (κ1) is 11.5. The minimum atomic E-state index is 1.10. The lowest BCUT2D eigenvalue weighted by Crippen LogP contribution is -1.94. The number of alkyl halides is 1. The highest BCUT2D eigenvalue weighted by molar-refractivity contribution is 14.1. The highest BCUT2D eigenvalue weighted by Gasteiger charge is 2.00. The Morgan fingerprint density at radius 1 is 1.31 bits per heavy atom. The van der Waals surface area contributed by atoms with Crippen LogP contribution in [0.2, 0.25) is 0 Å². The van der Waals surface area contributed by atoms with Crippen LogP contribution in [0.25, 0.3) is 0 Å². The molecule has 0 saturated carbocycles. The van der Waals surface area contributed by atoms with Crippen LogP contribution in [0.1, 0.15) is 24.5 Å². The number of aryl methyl sites for hydroxylation is 2. The molecule has 0 aliphatic carbocycles. The van der Waals surface area contributed by atoms with Crippen molar-refractivity contribution in [3.05, 3.63) is 32.9 Å². The average molecular weight is 353 g/mol. The van der Waals surface area contributed by atoms with Crippen molar-refractivity contribution in [2.75, 3.05) is 5.33 Å². The van der Waals surface area contributed by atoms with Crippen LogP contribution in [-0.2, 0) is 12.8 Å². The summed E-state index contributed by atoms with van der Waals surface area (Å²) in [5, 5.41) is 1.10. The van der Waals surface area contributed by atoms with Crippen LogP contribution in [-0.4, -0.2) is 5.33 Å². The Kier molecular flexibility index (Phi) is 5.32. The van der Waals surface area contributed by atoms with E-state index in [1.807, 2.05) is 0 Å². The van der Waals surface area contributed by atoms with Crippen molar-refractivity contribution in [2.24, 2.45) is 0 Å². The molecule has 0 saturated heterocycles. The maximum atomic E-state index is 3.47. The zero-order chi connectivity index (χ0) is 9.68. The monoisotopic (exact) mass is 352 g/mol. The summed E-state index contributed by atoms with van der Waals surface area (Å²) in [6.07, 6.45) is 3.58. The molecule has 1 aromatic carbocycles. The first-order valence-corrected chi connectivity index (χ1v) is 6.81. The topological polar surface area (TPSA) is 0 Å². The van der Waals surface area contributed by atoms with Gasteiger partial charge < -0.3 is 0 Å². The fourth-order valence-corrected chi connectivity index (χ4v) is 2.27. The van der Waals surface area contributed by atoms with E-state index in [2.05, 4.69) is 63.6 Å². The molecule has 0 fully saturated rings. The number of benzene rings is 1. The van der Waals surface area contributed by atoms with Crippen molar-refractivity contribution in [3.63, 3.8) is 0 Å². The van der Waals surface area contributed by atoms with E-state index in [9.17, 15) is 0 Å². The summed E-state index contributed by atoms with van der Waals surface area (Å²) >= 11 is 5.85. The molecule has 13 heavy (non-hydrogen) atoms. The fraction of sp³-hybridized carbons (Fsp3) is 0.455. The molecule has 0 aromatic heterocycles. The highest BCUT2D eigenvalue weighted by atomic mass is 127. The minimum Gasteiger partial charge on any atom is -0.0928 e. The normalized spacial score (nSPS) is 10.4. The molecule has 0 atom stereocenters. The van der Waals surface area contributed by atoms with Gasteiger partial charge in [-0.2, -0.15) is 0 Å². The second-order valence-corrected chi connectivity index (χ2v) is 5.10. The van der Waals surface area contributed by atoms with Crippen molar-refractivity contribution in [3.8, 4) is 0 Å². The minimum absolute atomic E-state index is 1.10. The van der Waals surface area contributed by atoms with E-state index in [0.717, 1.165) is 11.8 Å². The average Bonchev–Trinajstić information content (AvgIpc) is 2.15. The molecule has 72 valence electrons. The molecule has 0 unspecified atom stereocenters. The molecule has 0 amide bonds. The van der Waals surface area contributed by atoms with Gasteiger partial charge in [0.05, 0.1) is 0 Å². The zero-order valence-corrected chi connectivity index (χ0v) is 11.6. The van der Waals surface area contributed by atoms with Gasteiger partial charge in [0.15, 0.2) is 0 Å². The van der Waals surface area contributed by atoms with Gasteiger partial charge in [-0.3, -0.25) is 0 Å². The second-order valence-electron chi connectivity index (χ2n) is 3.06. The molecule has 0 bridgehead atoms. The molecule has 0 radical (unpaired) electrons. The van der Waals surface area contributed by atoms with Crippen LogP contribution in [0.3, 0.4) is 0 Å². The fourth-order valence-electron chi connectivity index (χ4n) is 1.43. The van der Waals surface area contributed by atoms with Crippen LogP contribution in [0.5, 0.6) is 0 Å². The van der Waals surface area contributed by atoms with E-state index in [1.54, 1.807) is 0 Å². The van der Waals surface area contributed by atoms with Crippen LogP contribution in [0.15, 0.2) is 18.2 Å². The Labute approximate surface area is 102 Å². The second kappa shape index (κ2) is 6.02. The van der Waals surface area contributed by atoms with E-state index in [0.29, 0.717) is 0 Å². The van der Waals surface area contributed by atoms with E-state index in [1.165, 1.54) is 27.5 Å². The summed E-state index contributed by atoms with van der Waals surface area (Å²) in [6, 6.07) is 6.75. The molecule has 0 spiro atoms. The number of rotatable bonds is 4. The third-order valence-electron chi connectivity index (χ3n) is 2.13. The van der Waals surface area contributed by atoms with Crippen molar-refractivity contribution in [1.82, 2.24) is 0 Å². The summed E-state index contributed by atoms with van der Waals surface area (Å²) in [6.45, 7) is 2.22. The van der Waals surface area contributed by atoms with Crippen LogP contribution < -0.4 is 0 Å². The van der Waals surface area contributed by atoms with E-state index < -0.39 is 0 Å².